The topological polar surface area (TPSA) is 38.8 Å². The number of hydrogen-bond acceptors (Lipinski definition) is 5. The Kier molecular flexibility index (Phi) is 4.92. The summed E-state index contributed by atoms with van der Waals surface area (Å²) in [6.45, 7) is 1.63. The predicted molar refractivity (Wildman–Crippen MR) is 72.9 cm³/mol. The summed E-state index contributed by atoms with van der Waals surface area (Å²) >= 11 is 2.00. The quantitative estimate of drug-likeness (QED) is 0.727. The minimum Gasteiger partial charge on any atom is -0.469 e. The van der Waals surface area contributed by atoms with E-state index >= 15 is 0 Å². The normalized spacial score (nSPS) is 32.1. The van der Waals surface area contributed by atoms with Gasteiger partial charge in [-0.15, -0.1) is 0 Å². The first-order valence-electron chi connectivity index (χ1n) is 6.64. The molecule has 2 rings (SSSR count). The summed E-state index contributed by atoms with van der Waals surface area (Å²) in [5.41, 5.74) is 0.118. The van der Waals surface area contributed by atoms with Crippen LogP contribution < -0.4 is 0 Å². The van der Waals surface area contributed by atoms with Crippen molar-refractivity contribution in [2.45, 2.75) is 37.3 Å². The van der Waals surface area contributed by atoms with Gasteiger partial charge in [0.2, 0.25) is 0 Å². The SMILES string of the molecule is COC(=O)CCN(C)C1CCOC2(CCSC2)C1. The largest absolute Gasteiger partial charge is 0.469 e. The van der Waals surface area contributed by atoms with Crippen LogP contribution in [0.1, 0.15) is 25.7 Å². The summed E-state index contributed by atoms with van der Waals surface area (Å²) in [5, 5.41) is 0. The molecule has 104 valence electrons. The third-order valence-electron chi connectivity index (χ3n) is 4.05. The van der Waals surface area contributed by atoms with Gasteiger partial charge in [0.15, 0.2) is 0 Å². The number of carbonyl (C=O) groups is 1. The lowest BCUT2D eigenvalue weighted by Gasteiger charge is -2.41. The zero-order chi connectivity index (χ0) is 13.0. The average molecular weight is 273 g/mol. The van der Waals surface area contributed by atoms with Crippen molar-refractivity contribution < 1.29 is 14.3 Å². The van der Waals surface area contributed by atoms with E-state index in [0.717, 1.165) is 31.7 Å². The molecule has 2 saturated heterocycles. The van der Waals surface area contributed by atoms with Gasteiger partial charge in [-0.05, 0) is 32.1 Å². The average Bonchev–Trinajstić information content (AvgIpc) is 2.83. The summed E-state index contributed by atoms with van der Waals surface area (Å²) in [6.07, 6.45) is 3.84. The molecule has 2 atom stereocenters. The number of carbonyl (C=O) groups excluding carboxylic acids is 1. The van der Waals surface area contributed by atoms with E-state index in [0.29, 0.717) is 12.5 Å². The van der Waals surface area contributed by atoms with Crippen LogP contribution >= 0.6 is 11.8 Å². The highest BCUT2D eigenvalue weighted by molar-refractivity contribution is 7.99. The van der Waals surface area contributed by atoms with E-state index in [9.17, 15) is 4.79 Å². The van der Waals surface area contributed by atoms with Gasteiger partial charge in [0.25, 0.3) is 0 Å². The van der Waals surface area contributed by atoms with Crippen LogP contribution in [-0.4, -0.2) is 61.3 Å². The third-order valence-corrected chi connectivity index (χ3v) is 5.28. The molecule has 5 heteroatoms. The van der Waals surface area contributed by atoms with Gasteiger partial charge in [0.1, 0.15) is 0 Å². The number of nitrogens with zero attached hydrogens (tertiary/aromatic N) is 1. The molecule has 2 unspecified atom stereocenters. The van der Waals surface area contributed by atoms with Crippen molar-refractivity contribution >= 4 is 17.7 Å². The zero-order valence-corrected chi connectivity index (χ0v) is 12.1. The number of hydrogen-bond donors (Lipinski definition) is 0. The second-order valence-electron chi connectivity index (χ2n) is 5.29. The highest BCUT2D eigenvalue weighted by Gasteiger charge is 2.41. The summed E-state index contributed by atoms with van der Waals surface area (Å²) in [5.74, 6) is 2.23. The van der Waals surface area contributed by atoms with Crippen LogP contribution in [0.2, 0.25) is 0 Å². The van der Waals surface area contributed by atoms with Gasteiger partial charge in [-0.1, -0.05) is 0 Å². The van der Waals surface area contributed by atoms with Gasteiger partial charge in [-0.3, -0.25) is 4.79 Å². The molecule has 0 aromatic carbocycles. The first-order chi connectivity index (χ1) is 8.65. The molecular formula is C13H23NO3S. The van der Waals surface area contributed by atoms with Gasteiger partial charge >= 0.3 is 5.97 Å². The van der Waals surface area contributed by atoms with E-state index < -0.39 is 0 Å². The minimum absolute atomic E-state index is 0.118. The number of thioether (sulfide) groups is 1. The third kappa shape index (κ3) is 3.39. The first kappa shape index (κ1) is 14.2. The van der Waals surface area contributed by atoms with Crippen molar-refractivity contribution in [3.63, 3.8) is 0 Å². The molecule has 2 fully saturated rings. The Morgan fingerprint density at radius 3 is 3.11 bits per heavy atom. The molecule has 2 heterocycles. The molecule has 0 radical (unpaired) electrons. The fourth-order valence-corrected chi connectivity index (χ4v) is 4.17. The molecule has 18 heavy (non-hydrogen) atoms. The van der Waals surface area contributed by atoms with Gasteiger partial charge in [-0.25, -0.2) is 0 Å². The van der Waals surface area contributed by atoms with Crippen LogP contribution in [0.3, 0.4) is 0 Å². The van der Waals surface area contributed by atoms with Crippen LogP contribution in [0.25, 0.3) is 0 Å². The second-order valence-corrected chi connectivity index (χ2v) is 6.39. The molecular weight excluding hydrogens is 250 g/mol. The van der Waals surface area contributed by atoms with E-state index in [-0.39, 0.29) is 11.6 Å². The maximum atomic E-state index is 11.2. The Hall–Kier alpha value is -0.260. The van der Waals surface area contributed by atoms with Gasteiger partial charge in [-0.2, -0.15) is 11.8 Å². The molecule has 0 saturated carbocycles. The van der Waals surface area contributed by atoms with E-state index in [2.05, 4.69) is 16.7 Å². The van der Waals surface area contributed by atoms with E-state index in [4.69, 9.17) is 4.74 Å². The fraction of sp³-hybridized carbons (Fsp3) is 0.923. The Labute approximate surface area is 113 Å². The monoisotopic (exact) mass is 273 g/mol. The molecule has 4 nitrogen and oxygen atoms in total. The van der Waals surface area contributed by atoms with Crippen LogP contribution in [0.5, 0.6) is 0 Å². The Morgan fingerprint density at radius 2 is 2.44 bits per heavy atom. The first-order valence-corrected chi connectivity index (χ1v) is 7.79. The van der Waals surface area contributed by atoms with Crippen molar-refractivity contribution in [2.24, 2.45) is 0 Å². The maximum Gasteiger partial charge on any atom is 0.306 e. The molecule has 0 aromatic rings. The molecule has 2 aliphatic rings. The smallest absolute Gasteiger partial charge is 0.306 e. The molecule has 0 aromatic heterocycles. The van der Waals surface area contributed by atoms with E-state index in [1.54, 1.807) is 0 Å². The van der Waals surface area contributed by atoms with Crippen LogP contribution in [0.4, 0.5) is 0 Å². The van der Waals surface area contributed by atoms with Gasteiger partial charge in [0.05, 0.1) is 19.1 Å². The highest BCUT2D eigenvalue weighted by atomic mass is 32.2. The summed E-state index contributed by atoms with van der Waals surface area (Å²) in [6, 6.07) is 0.544. The molecule has 0 N–H and O–H groups in total. The molecule has 0 amide bonds. The molecule has 2 aliphatic heterocycles. The minimum atomic E-state index is -0.125. The van der Waals surface area contributed by atoms with Crippen LogP contribution in [0, 0.1) is 0 Å². The van der Waals surface area contributed by atoms with Gasteiger partial charge in [0, 0.05) is 24.9 Å². The number of rotatable bonds is 4. The number of esters is 1. The Balaban J connectivity index is 1.82. The van der Waals surface area contributed by atoms with Crippen molar-refractivity contribution in [3.8, 4) is 0 Å². The van der Waals surface area contributed by atoms with Crippen molar-refractivity contribution in [1.82, 2.24) is 4.90 Å². The summed E-state index contributed by atoms with van der Waals surface area (Å²) in [4.78, 5) is 13.5. The predicted octanol–water partition coefficient (Wildman–Crippen LogP) is 1.54. The molecule has 0 aliphatic carbocycles. The second kappa shape index (κ2) is 6.26. The van der Waals surface area contributed by atoms with Crippen molar-refractivity contribution in [1.29, 1.82) is 0 Å². The zero-order valence-electron chi connectivity index (χ0n) is 11.3. The van der Waals surface area contributed by atoms with Crippen molar-refractivity contribution in [2.75, 3.05) is 38.8 Å². The lowest BCUT2D eigenvalue weighted by atomic mass is 9.89. The highest BCUT2D eigenvalue weighted by Crippen LogP contribution is 2.39. The standard InChI is InChI=1S/C13H23NO3S/c1-14(6-3-12(15)16-2)11-4-7-17-13(9-11)5-8-18-10-13/h11H,3-10H2,1-2H3. The van der Waals surface area contributed by atoms with Gasteiger partial charge < -0.3 is 14.4 Å². The van der Waals surface area contributed by atoms with E-state index in [1.165, 1.54) is 19.3 Å². The van der Waals surface area contributed by atoms with Crippen molar-refractivity contribution in [3.05, 3.63) is 0 Å². The maximum absolute atomic E-state index is 11.2. The number of ether oxygens (including phenoxy) is 2. The molecule has 1 spiro atoms. The summed E-state index contributed by atoms with van der Waals surface area (Å²) < 4.78 is 10.7. The Bertz CT molecular complexity index is 292. The van der Waals surface area contributed by atoms with E-state index in [1.807, 2.05) is 11.8 Å². The fourth-order valence-electron chi connectivity index (χ4n) is 2.79. The lowest BCUT2D eigenvalue weighted by molar-refractivity contribution is -0.141. The van der Waals surface area contributed by atoms with Crippen LogP contribution in [0.15, 0.2) is 0 Å². The summed E-state index contributed by atoms with van der Waals surface area (Å²) in [7, 11) is 3.55. The molecule has 0 bridgehead atoms. The lowest BCUT2D eigenvalue weighted by Crippen LogP contribution is -2.48. The Morgan fingerprint density at radius 1 is 1.61 bits per heavy atom. The number of methoxy groups -OCH3 is 1. The van der Waals surface area contributed by atoms with Crippen LogP contribution in [-0.2, 0) is 14.3 Å².